The van der Waals surface area contributed by atoms with Crippen LogP contribution in [0.1, 0.15) is 25.8 Å². The molecule has 1 saturated heterocycles. The van der Waals surface area contributed by atoms with Gasteiger partial charge in [-0.15, -0.1) is 0 Å². The van der Waals surface area contributed by atoms with Crippen molar-refractivity contribution in [3.63, 3.8) is 0 Å². The number of benzene rings is 1. The van der Waals surface area contributed by atoms with Crippen molar-refractivity contribution in [3.05, 3.63) is 47.1 Å². The van der Waals surface area contributed by atoms with E-state index in [1.165, 1.54) is 16.5 Å². The summed E-state index contributed by atoms with van der Waals surface area (Å²) in [5, 5.41) is 9.13. The lowest BCUT2D eigenvalue weighted by Gasteiger charge is -2.19. The van der Waals surface area contributed by atoms with Gasteiger partial charge < -0.3 is 4.74 Å². The van der Waals surface area contributed by atoms with Crippen molar-refractivity contribution in [2.75, 3.05) is 11.5 Å². The summed E-state index contributed by atoms with van der Waals surface area (Å²) in [5.74, 6) is -1.06. The Kier molecular flexibility index (Phi) is 4.38. The molecule has 0 aromatic heterocycles. The summed E-state index contributed by atoms with van der Waals surface area (Å²) in [5.41, 5.74) is 2.26. The molecule has 2 fully saturated rings. The van der Waals surface area contributed by atoms with E-state index in [0.717, 1.165) is 6.42 Å². The van der Waals surface area contributed by atoms with Crippen LogP contribution in [-0.4, -0.2) is 24.4 Å². The monoisotopic (exact) mass is 376 g/mol. The number of imide groups is 1. The van der Waals surface area contributed by atoms with Crippen LogP contribution in [0.3, 0.4) is 0 Å². The molecule has 0 spiro atoms. The first-order chi connectivity index (χ1) is 13.5. The molecule has 1 saturated carbocycles. The van der Waals surface area contributed by atoms with Crippen LogP contribution in [0.25, 0.3) is 6.08 Å². The van der Waals surface area contributed by atoms with Crippen LogP contribution in [0, 0.1) is 35.0 Å². The third-order valence-corrected chi connectivity index (χ3v) is 5.96. The van der Waals surface area contributed by atoms with Gasteiger partial charge in [0.25, 0.3) is 0 Å². The van der Waals surface area contributed by atoms with Crippen LogP contribution in [-0.2, 0) is 19.1 Å². The molecule has 1 aromatic carbocycles. The second-order valence-electron chi connectivity index (χ2n) is 7.46. The Morgan fingerprint density at radius 2 is 1.93 bits per heavy atom. The van der Waals surface area contributed by atoms with E-state index in [9.17, 15) is 14.4 Å². The smallest absolute Gasteiger partial charge is 0.348 e. The van der Waals surface area contributed by atoms with Crippen molar-refractivity contribution >= 4 is 29.5 Å². The maximum atomic E-state index is 13.0. The fourth-order valence-corrected chi connectivity index (χ4v) is 4.76. The first-order valence-corrected chi connectivity index (χ1v) is 9.41. The van der Waals surface area contributed by atoms with Crippen molar-refractivity contribution in [3.8, 4) is 6.07 Å². The van der Waals surface area contributed by atoms with Gasteiger partial charge in [-0.05, 0) is 55.9 Å². The normalized spacial score (nSPS) is 28.2. The topological polar surface area (TPSA) is 87.5 Å². The third-order valence-electron chi connectivity index (χ3n) is 5.96. The summed E-state index contributed by atoms with van der Waals surface area (Å²) in [7, 11) is 0. The number of nitrogens with zero attached hydrogens (tertiary/aromatic N) is 2. The summed E-state index contributed by atoms with van der Waals surface area (Å²) in [6, 6.07) is 8.53. The standard InChI is InChI=1S/C22H20N2O4/c1-3-28-22(27)15(11-23)9-13-4-6-16(7-5-13)24-20(25)18-14-8-12(2)17(10-14)19(18)21(24)26/h4-9,14,17-19H,3,10H2,1-2H3/b15-9+/t14-,17+,18+,19-/m0/s1. The lowest BCUT2D eigenvalue weighted by atomic mass is 9.82. The molecule has 4 atom stereocenters. The maximum Gasteiger partial charge on any atom is 0.348 e. The zero-order valence-corrected chi connectivity index (χ0v) is 15.7. The molecule has 4 rings (SSSR count). The molecule has 28 heavy (non-hydrogen) atoms. The molecular formula is C22H20N2O4. The average molecular weight is 376 g/mol. The number of fused-ring (bicyclic) bond motifs is 5. The number of hydrogen-bond acceptors (Lipinski definition) is 5. The second kappa shape index (κ2) is 6.75. The predicted molar refractivity (Wildman–Crippen MR) is 101 cm³/mol. The van der Waals surface area contributed by atoms with E-state index in [1.54, 1.807) is 31.2 Å². The van der Waals surface area contributed by atoms with Gasteiger partial charge in [0.15, 0.2) is 0 Å². The Morgan fingerprint density at radius 3 is 2.57 bits per heavy atom. The van der Waals surface area contributed by atoms with Crippen LogP contribution in [0.2, 0.25) is 0 Å². The number of amides is 2. The molecule has 6 heteroatoms. The molecule has 3 aliphatic rings. The number of rotatable bonds is 4. The van der Waals surface area contributed by atoms with Crippen LogP contribution in [0.15, 0.2) is 41.5 Å². The van der Waals surface area contributed by atoms with Crippen LogP contribution < -0.4 is 4.90 Å². The number of ether oxygens (including phenoxy) is 1. The number of hydrogen-bond donors (Lipinski definition) is 0. The minimum atomic E-state index is -0.676. The summed E-state index contributed by atoms with van der Waals surface area (Å²) in [6.07, 6.45) is 4.48. The van der Waals surface area contributed by atoms with Crippen molar-refractivity contribution < 1.29 is 19.1 Å². The van der Waals surface area contributed by atoms with Gasteiger partial charge >= 0.3 is 5.97 Å². The molecule has 1 aliphatic heterocycles. The number of allylic oxidation sites excluding steroid dienone is 2. The lowest BCUT2D eigenvalue weighted by Crippen LogP contribution is -2.32. The molecule has 142 valence electrons. The van der Waals surface area contributed by atoms with Crippen molar-refractivity contribution in [2.45, 2.75) is 20.3 Å². The van der Waals surface area contributed by atoms with Crippen LogP contribution in [0.5, 0.6) is 0 Å². The molecule has 2 aliphatic carbocycles. The fraction of sp³-hybridized carbons (Fsp3) is 0.364. The van der Waals surface area contributed by atoms with Gasteiger partial charge in [0, 0.05) is 0 Å². The molecule has 2 amide bonds. The highest BCUT2D eigenvalue weighted by Crippen LogP contribution is 2.55. The van der Waals surface area contributed by atoms with Gasteiger partial charge in [0.05, 0.1) is 24.1 Å². The zero-order valence-electron chi connectivity index (χ0n) is 15.7. The Hall–Kier alpha value is -3.20. The van der Waals surface area contributed by atoms with E-state index in [0.29, 0.717) is 11.3 Å². The molecule has 0 unspecified atom stereocenters. The predicted octanol–water partition coefficient (Wildman–Crippen LogP) is 2.86. The first kappa shape index (κ1) is 18.2. The zero-order chi connectivity index (χ0) is 20.0. The minimum Gasteiger partial charge on any atom is -0.462 e. The van der Waals surface area contributed by atoms with Crippen molar-refractivity contribution in [1.82, 2.24) is 0 Å². The highest BCUT2D eigenvalue weighted by atomic mass is 16.5. The number of carbonyl (C=O) groups excluding carboxylic acids is 3. The van der Waals surface area contributed by atoms with Gasteiger partial charge in [-0.25, -0.2) is 4.79 Å². The Morgan fingerprint density at radius 1 is 1.25 bits per heavy atom. The van der Waals surface area contributed by atoms with Crippen molar-refractivity contribution in [1.29, 1.82) is 5.26 Å². The highest BCUT2D eigenvalue weighted by molar-refractivity contribution is 6.22. The molecule has 2 bridgehead atoms. The minimum absolute atomic E-state index is 0.101. The SMILES string of the molecule is CCOC(=O)/C(C#N)=C/c1ccc(N2C(=O)[C@@H]3[C@H](C2=O)[C@H]2C=C(C)[C@H]3C2)cc1. The molecular weight excluding hydrogens is 356 g/mol. The van der Waals surface area contributed by atoms with E-state index in [2.05, 4.69) is 6.08 Å². The van der Waals surface area contributed by atoms with Gasteiger partial charge in [-0.1, -0.05) is 23.8 Å². The van der Waals surface area contributed by atoms with Crippen molar-refractivity contribution in [2.24, 2.45) is 23.7 Å². The quantitative estimate of drug-likeness (QED) is 0.265. The summed E-state index contributed by atoms with van der Waals surface area (Å²) < 4.78 is 4.85. The first-order valence-electron chi connectivity index (χ1n) is 9.41. The van der Waals surface area contributed by atoms with Crippen LogP contribution in [0.4, 0.5) is 5.69 Å². The van der Waals surface area contributed by atoms with Gasteiger partial charge in [-0.2, -0.15) is 5.26 Å². The second-order valence-corrected chi connectivity index (χ2v) is 7.46. The molecule has 1 heterocycles. The largest absolute Gasteiger partial charge is 0.462 e. The van der Waals surface area contributed by atoms with Gasteiger partial charge in [0.2, 0.25) is 11.8 Å². The van der Waals surface area contributed by atoms with E-state index in [1.807, 2.05) is 13.0 Å². The Balaban J connectivity index is 1.57. The number of nitriles is 1. The summed E-state index contributed by atoms with van der Waals surface area (Å²) in [6.45, 7) is 3.90. The number of carbonyl (C=O) groups is 3. The lowest BCUT2D eigenvalue weighted by molar-refractivity contribution is -0.138. The number of esters is 1. The van der Waals surface area contributed by atoms with Gasteiger partial charge in [0.1, 0.15) is 11.6 Å². The Labute approximate surface area is 163 Å². The fourth-order valence-electron chi connectivity index (χ4n) is 4.76. The summed E-state index contributed by atoms with van der Waals surface area (Å²) >= 11 is 0. The van der Waals surface area contributed by atoms with Crippen LogP contribution >= 0.6 is 0 Å². The van der Waals surface area contributed by atoms with E-state index >= 15 is 0 Å². The van der Waals surface area contributed by atoms with E-state index in [4.69, 9.17) is 10.00 Å². The average Bonchev–Trinajstić information content (AvgIpc) is 3.31. The maximum absolute atomic E-state index is 13.0. The van der Waals surface area contributed by atoms with E-state index < -0.39 is 5.97 Å². The summed E-state index contributed by atoms with van der Waals surface area (Å²) in [4.78, 5) is 38.9. The molecule has 0 N–H and O–H groups in total. The Bertz CT molecular complexity index is 967. The molecule has 6 nitrogen and oxygen atoms in total. The number of anilines is 1. The molecule has 1 aromatic rings. The highest BCUT2D eigenvalue weighted by Gasteiger charge is 2.60. The van der Waals surface area contributed by atoms with E-state index in [-0.39, 0.29) is 47.7 Å². The van der Waals surface area contributed by atoms with Gasteiger partial charge in [-0.3, -0.25) is 14.5 Å². The molecule has 0 radical (unpaired) electrons. The third kappa shape index (κ3) is 2.66.